The molecule has 0 N–H and O–H groups in total. The Labute approximate surface area is 142 Å². The molecule has 0 unspecified atom stereocenters. The molecular weight excluding hydrogens is 294 g/mol. The molecule has 1 heterocycles. The van der Waals surface area contributed by atoms with Gasteiger partial charge >= 0.3 is 0 Å². The summed E-state index contributed by atoms with van der Waals surface area (Å²) in [6.45, 7) is 0. The number of allylic oxidation sites excluding steroid dienone is 2. The zero-order chi connectivity index (χ0) is 16.3. The van der Waals surface area contributed by atoms with Gasteiger partial charge in [0.2, 0.25) is 0 Å². The highest BCUT2D eigenvalue weighted by Gasteiger charge is 2.40. The molecule has 0 saturated carbocycles. The molecule has 2 bridgehead atoms. The number of aryl methyl sites for hydroxylation is 1. The maximum atomic E-state index is 5.34. The Morgan fingerprint density at radius 2 is 1.79 bits per heavy atom. The zero-order valence-corrected chi connectivity index (χ0v) is 14.1. The summed E-state index contributed by atoms with van der Waals surface area (Å²) in [4.78, 5) is 0. The SMILES string of the molecule is COc1ccc([C@@H]2c3c(n(C)c4ccccc34)[C@H]3C=C[C@@H]2C3)cc1. The molecule has 3 atom stereocenters. The second-order valence-electron chi connectivity index (χ2n) is 7.02. The normalized spacial score (nSPS) is 24.3. The van der Waals surface area contributed by atoms with Crippen LogP contribution in [0, 0.1) is 5.92 Å². The number of benzene rings is 2. The van der Waals surface area contributed by atoms with Crippen LogP contribution in [0.3, 0.4) is 0 Å². The van der Waals surface area contributed by atoms with Gasteiger partial charge in [-0.1, -0.05) is 42.5 Å². The fourth-order valence-corrected chi connectivity index (χ4v) is 4.83. The molecule has 0 aliphatic heterocycles. The van der Waals surface area contributed by atoms with Crippen LogP contribution in [0.5, 0.6) is 5.75 Å². The summed E-state index contributed by atoms with van der Waals surface area (Å²) < 4.78 is 7.76. The minimum absolute atomic E-state index is 0.437. The molecule has 120 valence electrons. The predicted octanol–water partition coefficient (Wildman–Crippen LogP) is 4.99. The second-order valence-corrected chi connectivity index (χ2v) is 7.02. The van der Waals surface area contributed by atoms with E-state index in [1.54, 1.807) is 7.11 Å². The second kappa shape index (κ2) is 5.01. The monoisotopic (exact) mass is 315 g/mol. The van der Waals surface area contributed by atoms with E-state index in [1.165, 1.54) is 34.1 Å². The van der Waals surface area contributed by atoms with Crippen molar-refractivity contribution in [2.75, 3.05) is 7.11 Å². The Morgan fingerprint density at radius 3 is 2.58 bits per heavy atom. The third-order valence-electron chi connectivity index (χ3n) is 5.87. The number of methoxy groups -OCH3 is 1. The molecule has 2 heteroatoms. The van der Waals surface area contributed by atoms with Crippen LogP contribution < -0.4 is 4.74 Å². The third kappa shape index (κ3) is 1.77. The number of aromatic nitrogens is 1. The van der Waals surface area contributed by atoms with E-state index in [1.807, 2.05) is 0 Å². The summed E-state index contributed by atoms with van der Waals surface area (Å²) in [5.41, 5.74) is 5.77. The summed E-state index contributed by atoms with van der Waals surface area (Å²) in [5, 5.41) is 1.41. The van der Waals surface area contributed by atoms with E-state index in [4.69, 9.17) is 4.74 Å². The number of hydrogen-bond donors (Lipinski definition) is 0. The van der Waals surface area contributed by atoms with Crippen molar-refractivity contribution in [3.63, 3.8) is 0 Å². The first-order valence-corrected chi connectivity index (χ1v) is 8.67. The Balaban J connectivity index is 1.78. The largest absolute Gasteiger partial charge is 0.497 e. The molecule has 0 spiro atoms. The minimum atomic E-state index is 0.437. The van der Waals surface area contributed by atoms with E-state index in [-0.39, 0.29) is 0 Å². The van der Waals surface area contributed by atoms with Crippen LogP contribution in [0.25, 0.3) is 10.9 Å². The van der Waals surface area contributed by atoms with Crippen molar-refractivity contribution in [3.05, 3.63) is 77.5 Å². The fourth-order valence-electron chi connectivity index (χ4n) is 4.83. The molecule has 0 radical (unpaired) electrons. The Kier molecular flexibility index (Phi) is 2.90. The van der Waals surface area contributed by atoms with Gasteiger partial charge in [-0.05, 0) is 41.7 Å². The van der Waals surface area contributed by atoms with Crippen molar-refractivity contribution in [1.82, 2.24) is 4.57 Å². The molecule has 2 aliphatic rings. The maximum Gasteiger partial charge on any atom is 0.118 e. The van der Waals surface area contributed by atoms with Gasteiger partial charge in [0.25, 0.3) is 0 Å². The highest BCUT2D eigenvalue weighted by molar-refractivity contribution is 5.87. The van der Waals surface area contributed by atoms with Crippen molar-refractivity contribution in [2.45, 2.75) is 18.3 Å². The van der Waals surface area contributed by atoms with E-state index in [0.717, 1.165) is 5.75 Å². The first kappa shape index (κ1) is 13.9. The lowest BCUT2D eigenvalue weighted by Gasteiger charge is -2.31. The zero-order valence-electron chi connectivity index (χ0n) is 14.1. The fraction of sp³-hybridized carbons (Fsp3) is 0.273. The van der Waals surface area contributed by atoms with Crippen molar-refractivity contribution >= 4 is 10.9 Å². The van der Waals surface area contributed by atoms with Gasteiger partial charge in [0, 0.05) is 35.5 Å². The van der Waals surface area contributed by atoms with Crippen molar-refractivity contribution in [2.24, 2.45) is 13.0 Å². The quantitative estimate of drug-likeness (QED) is 0.608. The molecule has 2 nitrogen and oxygen atoms in total. The minimum Gasteiger partial charge on any atom is -0.497 e. The van der Waals surface area contributed by atoms with Gasteiger partial charge in [0.1, 0.15) is 5.75 Å². The number of rotatable bonds is 2. The van der Waals surface area contributed by atoms with Gasteiger partial charge < -0.3 is 9.30 Å². The smallest absolute Gasteiger partial charge is 0.118 e. The first-order chi connectivity index (χ1) is 11.8. The average molecular weight is 315 g/mol. The Morgan fingerprint density at radius 1 is 1.00 bits per heavy atom. The van der Waals surface area contributed by atoms with Crippen LogP contribution in [-0.2, 0) is 7.05 Å². The molecule has 3 aromatic rings. The first-order valence-electron chi connectivity index (χ1n) is 8.67. The highest BCUT2D eigenvalue weighted by atomic mass is 16.5. The summed E-state index contributed by atoms with van der Waals surface area (Å²) in [6.07, 6.45) is 6.09. The van der Waals surface area contributed by atoms with Gasteiger partial charge in [0.05, 0.1) is 7.11 Å². The van der Waals surface area contributed by atoms with E-state index in [0.29, 0.717) is 17.8 Å². The van der Waals surface area contributed by atoms with Crippen molar-refractivity contribution < 1.29 is 4.74 Å². The van der Waals surface area contributed by atoms with Gasteiger partial charge in [-0.25, -0.2) is 0 Å². The maximum absolute atomic E-state index is 5.34. The number of para-hydroxylation sites is 1. The molecule has 0 saturated heterocycles. The van der Waals surface area contributed by atoms with Gasteiger partial charge in [-0.2, -0.15) is 0 Å². The van der Waals surface area contributed by atoms with Crippen LogP contribution >= 0.6 is 0 Å². The average Bonchev–Trinajstić information content (AvgIpc) is 3.17. The Hall–Kier alpha value is -2.48. The number of fused-ring (bicyclic) bond motifs is 6. The lowest BCUT2D eigenvalue weighted by atomic mass is 9.73. The van der Waals surface area contributed by atoms with Gasteiger partial charge in [-0.3, -0.25) is 0 Å². The van der Waals surface area contributed by atoms with E-state index in [2.05, 4.69) is 72.3 Å². The summed E-state index contributed by atoms with van der Waals surface area (Å²) in [5.74, 6) is 2.53. The van der Waals surface area contributed by atoms with Gasteiger partial charge in [-0.15, -0.1) is 0 Å². The third-order valence-corrected chi connectivity index (χ3v) is 5.87. The lowest BCUT2D eigenvalue weighted by Crippen LogP contribution is -2.20. The van der Waals surface area contributed by atoms with Crippen molar-refractivity contribution in [3.8, 4) is 5.75 Å². The standard InChI is InChI=1S/C22H21NO/c1-23-19-6-4-3-5-18(19)21-20(14-9-11-17(24-2)12-10-14)15-7-8-16(13-15)22(21)23/h3-12,15-16,20H,13H2,1-2H3/t15-,16+,20+/m1/s1. The lowest BCUT2D eigenvalue weighted by molar-refractivity contribution is 0.414. The summed E-state index contributed by atoms with van der Waals surface area (Å²) in [6, 6.07) is 17.5. The molecule has 0 fully saturated rings. The molecular formula is C22H21NO. The van der Waals surface area contributed by atoms with E-state index in [9.17, 15) is 0 Å². The molecule has 2 aliphatic carbocycles. The predicted molar refractivity (Wildman–Crippen MR) is 97.7 cm³/mol. The number of hydrogen-bond acceptors (Lipinski definition) is 1. The van der Waals surface area contributed by atoms with Crippen LogP contribution in [0.1, 0.15) is 35.1 Å². The number of ether oxygens (including phenoxy) is 1. The summed E-state index contributed by atoms with van der Waals surface area (Å²) >= 11 is 0. The molecule has 0 amide bonds. The van der Waals surface area contributed by atoms with Crippen LogP contribution in [0.2, 0.25) is 0 Å². The number of nitrogens with zero attached hydrogens (tertiary/aromatic N) is 1. The van der Waals surface area contributed by atoms with Crippen molar-refractivity contribution in [1.29, 1.82) is 0 Å². The van der Waals surface area contributed by atoms with Crippen LogP contribution in [-0.4, -0.2) is 11.7 Å². The molecule has 1 aromatic heterocycles. The topological polar surface area (TPSA) is 14.2 Å². The van der Waals surface area contributed by atoms with E-state index >= 15 is 0 Å². The molecule has 24 heavy (non-hydrogen) atoms. The van der Waals surface area contributed by atoms with Crippen LogP contribution in [0.15, 0.2) is 60.7 Å². The molecule has 5 rings (SSSR count). The van der Waals surface area contributed by atoms with Gasteiger partial charge in [0.15, 0.2) is 0 Å². The Bertz CT molecular complexity index is 948. The van der Waals surface area contributed by atoms with Crippen LogP contribution in [0.4, 0.5) is 0 Å². The highest BCUT2D eigenvalue weighted by Crippen LogP contribution is 2.53. The molecule has 2 aromatic carbocycles. The summed E-state index contributed by atoms with van der Waals surface area (Å²) in [7, 11) is 3.95. The van der Waals surface area contributed by atoms with E-state index < -0.39 is 0 Å².